The van der Waals surface area contributed by atoms with Gasteiger partial charge in [-0.15, -0.1) is 11.3 Å². The van der Waals surface area contributed by atoms with E-state index in [9.17, 15) is 0 Å². The molecule has 24 heavy (non-hydrogen) atoms. The summed E-state index contributed by atoms with van der Waals surface area (Å²) in [4.78, 5) is 14.8. The third-order valence-corrected chi connectivity index (χ3v) is 5.20. The molecule has 1 aliphatic rings. The van der Waals surface area contributed by atoms with Gasteiger partial charge >= 0.3 is 0 Å². The largest absolute Gasteiger partial charge is 0.339 e. The number of thiazole rings is 1. The van der Waals surface area contributed by atoms with Crippen LogP contribution in [0.25, 0.3) is 11.5 Å². The molecule has 4 rings (SSSR count). The molecule has 0 saturated heterocycles. The Morgan fingerprint density at radius 2 is 2.12 bits per heavy atom. The first-order valence-corrected chi connectivity index (χ1v) is 9.12. The van der Waals surface area contributed by atoms with Crippen molar-refractivity contribution in [3.63, 3.8) is 0 Å². The van der Waals surface area contributed by atoms with Crippen LogP contribution >= 0.6 is 11.3 Å². The zero-order valence-corrected chi connectivity index (χ0v) is 14.2. The molecular weight excluding hydrogens is 322 g/mol. The van der Waals surface area contributed by atoms with Gasteiger partial charge in [-0.05, 0) is 37.8 Å². The molecular formula is C17H19N5OS. The molecule has 0 aromatic carbocycles. The number of aryl methyl sites for hydroxylation is 2. The van der Waals surface area contributed by atoms with E-state index < -0.39 is 0 Å². The van der Waals surface area contributed by atoms with Crippen molar-refractivity contribution in [1.29, 1.82) is 0 Å². The summed E-state index contributed by atoms with van der Waals surface area (Å²) >= 11 is 1.85. The lowest BCUT2D eigenvalue weighted by atomic mass is 10.0. The van der Waals surface area contributed by atoms with Crippen LogP contribution in [-0.2, 0) is 25.8 Å². The first-order valence-electron chi connectivity index (χ1n) is 8.30. The molecule has 0 saturated carbocycles. The molecule has 1 N–H and O–H groups in total. The molecule has 3 heterocycles. The number of rotatable bonds is 6. The van der Waals surface area contributed by atoms with Gasteiger partial charge in [-0.2, -0.15) is 4.98 Å². The quantitative estimate of drug-likeness (QED) is 0.695. The summed E-state index contributed by atoms with van der Waals surface area (Å²) in [5.74, 6) is 1.17. The summed E-state index contributed by atoms with van der Waals surface area (Å²) < 4.78 is 5.28. The highest BCUT2D eigenvalue weighted by atomic mass is 32.1. The normalized spacial score (nSPS) is 13.8. The van der Waals surface area contributed by atoms with Crippen LogP contribution in [0.1, 0.15) is 34.3 Å². The average Bonchev–Trinajstić information content (AvgIpc) is 3.26. The smallest absolute Gasteiger partial charge is 0.228 e. The Kier molecular flexibility index (Phi) is 4.62. The van der Waals surface area contributed by atoms with Gasteiger partial charge in [0.2, 0.25) is 11.7 Å². The van der Waals surface area contributed by atoms with E-state index in [2.05, 4.69) is 20.4 Å². The second-order valence-electron chi connectivity index (χ2n) is 5.84. The number of hydrogen-bond donors (Lipinski definition) is 1. The molecule has 0 bridgehead atoms. The zero-order valence-electron chi connectivity index (χ0n) is 13.4. The molecule has 0 atom stereocenters. The van der Waals surface area contributed by atoms with Gasteiger partial charge in [-0.25, -0.2) is 4.98 Å². The standard InChI is InChI=1S/C17H19N5OS/c1-2-7-14-12(5-1)20-16(24-14)11-18-10-8-15-21-17(22-23-15)13-6-3-4-9-19-13/h3-4,6,9,18H,1-2,5,7-8,10-11H2. The van der Waals surface area contributed by atoms with Crippen molar-refractivity contribution in [2.45, 2.75) is 38.6 Å². The lowest BCUT2D eigenvalue weighted by molar-refractivity contribution is 0.376. The molecule has 6 nitrogen and oxygen atoms in total. The second-order valence-corrected chi connectivity index (χ2v) is 7.01. The van der Waals surface area contributed by atoms with Crippen molar-refractivity contribution < 1.29 is 4.52 Å². The molecule has 1 aliphatic carbocycles. The summed E-state index contributed by atoms with van der Waals surface area (Å²) in [6.07, 6.45) is 7.35. The van der Waals surface area contributed by atoms with E-state index in [1.54, 1.807) is 6.20 Å². The molecule has 0 unspecified atom stereocenters. The number of nitrogens with one attached hydrogen (secondary N) is 1. The van der Waals surface area contributed by atoms with E-state index in [0.717, 1.165) is 25.2 Å². The predicted octanol–water partition coefficient (Wildman–Crippen LogP) is 2.80. The van der Waals surface area contributed by atoms with E-state index in [1.165, 1.54) is 34.8 Å². The lowest BCUT2D eigenvalue weighted by Gasteiger charge is -2.06. The van der Waals surface area contributed by atoms with E-state index >= 15 is 0 Å². The zero-order chi connectivity index (χ0) is 16.2. The first kappa shape index (κ1) is 15.4. The van der Waals surface area contributed by atoms with Crippen molar-refractivity contribution in [3.8, 4) is 11.5 Å². The summed E-state index contributed by atoms with van der Waals surface area (Å²) in [7, 11) is 0. The minimum absolute atomic E-state index is 0.540. The fourth-order valence-electron chi connectivity index (χ4n) is 2.83. The predicted molar refractivity (Wildman–Crippen MR) is 91.7 cm³/mol. The van der Waals surface area contributed by atoms with Gasteiger partial charge in [0, 0.05) is 30.6 Å². The Morgan fingerprint density at radius 1 is 1.17 bits per heavy atom. The van der Waals surface area contributed by atoms with E-state index in [0.29, 0.717) is 18.1 Å². The highest BCUT2D eigenvalue weighted by Gasteiger charge is 2.15. The molecule has 0 fully saturated rings. The number of pyridine rings is 1. The Hall–Kier alpha value is -2.12. The summed E-state index contributed by atoms with van der Waals surface area (Å²) in [5, 5.41) is 8.58. The van der Waals surface area contributed by atoms with Crippen LogP contribution in [0.15, 0.2) is 28.9 Å². The van der Waals surface area contributed by atoms with E-state index in [4.69, 9.17) is 9.51 Å². The van der Waals surface area contributed by atoms with E-state index in [1.807, 2.05) is 29.5 Å². The number of nitrogens with zero attached hydrogens (tertiary/aromatic N) is 4. The first-order chi connectivity index (χ1) is 11.9. The summed E-state index contributed by atoms with van der Waals surface area (Å²) in [5.41, 5.74) is 2.05. The molecule has 3 aromatic heterocycles. The maximum Gasteiger partial charge on any atom is 0.228 e. The van der Waals surface area contributed by atoms with Gasteiger partial charge in [-0.3, -0.25) is 4.98 Å². The van der Waals surface area contributed by atoms with Gasteiger partial charge in [0.05, 0.1) is 5.69 Å². The Balaban J connectivity index is 1.27. The Morgan fingerprint density at radius 3 is 3.00 bits per heavy atom. The van der Waals surface area contributed by atoms with Crippen molar-refractivity contribution >= 4 is 11.3 Å². The Labute approximate surface area is 144 Å². The average molecular weight is 341 g/mol. The van der Waals surface area contributed by atoms with Crippen LogP contribution in [-0.4, -0.2) is 26.7 Å². The van der Waals surface area contributed by atoms with Crippen LogP contribution in [0.2, 0.25) is 0 Å². The third-order valence-electron chi connectivity index (χ3n) is 4.04. The Bertz CT molecular complexity index is 775. The van der Waals surface area contributed by atoms with Gasteiger partial charge < -0.3 is 9.84 Å². The maximum absolute atomic E-state index is 5.28. The minimum Gasteiger partial charge on any atom is -0.339 e. The van der Waals surface area contributed by atoms with Crippen LogP contribution in [0.4, 0.5) is 0 Å². The van der Waals surface area contributed by atoms with Gasteiger partial charge in [0.15, 0.2) is 0 Å². The van der Waals surface area contributed by atoms with Gasteiger partial charge in [-0.1, -0.05) is 11.2 Å². The fraction of sp³-hybridized carbons (Fsp3) is 0.412. The van der Waals surface area contributed by atoms with Crippen LogP contribution < -0.4 is 5.32 Å². The molecule has 3 aromatic rings. The van der Waals surface area contributed by atoms with Crippen LogP contribution in [0.5, 0.6) is 0 Å². The molecule has 0 amide bonds. The van der Waals surface area contributed by atoms with Crippen molar-refractivity contribution in [1.82, 2.24) is 25.4 Å². The molecule has 124 valence electrons. The summed E-state index contributed by atoms with van der Waals surface area (Å²) in [6, 6.07) is 5.65. The highest BCUT2D eigenvalue weighted by Crippen LogP contribution is 2.26. The summed E-state index contributed by atoms with van der Waals surface area (Å²) in [6.45, 7) is 1.59. The molecule has 7 heteroatoms. The number of aromatic nitrogens is 4. The monoisotopic (exact) mass is 341 g/mol. The van der Waals surface area contributed by atoms with Crippen LogP contribution in [0, 0.1) is 0 Å². The topological polar surface area (TPSA) is 76.7 Å². The third kappa shape index (κ3) is 3.52. The van der Waals surface area contributed by atoms with Gasteiger partial charge in [0.1, 0.15) is 10.7 Å². The number of fused-ring (bicyclic) bond motifs is 1. The molecule has 0 spiro atoms. The van der Waals surface area contributed by atoms with Crippen molar-refractivity contribution in [2.24, 2.45) is 0 Å². The minimum atomic E-state index is 0.540. The fourth-order valence-corrected chi connectivity index (χ4v) is 3.95. The van der Waals surface area contributed by atoms with Gasteiger partial charge in [0.25, 0.3) is 0 Å². The highest BCUT2D eigenvalue weighted by molar-refractivity contribution is 7.11. The van der Waals surface area contributed by atoms with E-state index in [-0.39, 0.29) is 0 Å². The van der Waals surface area contributed by atoms with Crippen LogP contribution in [0.3, 0.4) is 0 Å². The maximum atomic E-state index is 5.28. The van der Waals surface area contributed by atoms with Crippen molar-refractivity contribution in [2.75, 3.05) is 6.54 Å². The second kappa shape index (κ2) is 7.19. The SMILES string of the molecule is c1ccc(-c2noc(CCNCc3nc4c(s3)CCCC4)n2)nc1. The lowest BCUT2D eigenvalue weighted by Crippen LogP contribution is -2.16. The van der Waals surface area contributed by atoms with Crippen molar-refractivity contribution in [3.05, 3.63) is 45.9 Å². The molecule has 0 radical (unpaired) electrons. The molecule has 0 aliphatic heterocycles. The number of hydrogen-bond acceptors (Lipinski definition) is 7.